The van der Waals surface area contributed by atoms with Crippen LogP contribution in [0.2, 0.25) is 0 Å². The van der Waals surface area contributed by atoms with E-state index in [1.165, 1.54) is 18.4 Å². The second-order valence-electron chi connectivity index (χ2n) is 4.01. The number of nitrogen functional groups attached to an aromatic ring is 1. The maximum atomic E-state index is 11.9. The summed E-state index contributed by atoms with van der Waals surface area (Å²) in [6.07, 6.45) is 0. The van der Waals surface area contributed by atoms with Gasteiger partial charge < -0.3 is 11.1 Å². The van der Waals surface area contributed by atoms with Gasteiger partial charge in [-0.2, -0.15) is 0 Å². The Labute approximate surface area is 120 Å². The highest BCUT2D eigenvalue weighted by Crippen LogP contribution is 2.24. The number of aromatic nitrogens is 1. The number of nitrogens with one attached hydrogen (secondary N) is 2. The average Bonchev–Trinajstić information content (AvgIpc) is 2.77. The number of carbonyl (C=O) groups excluding carboxylic acids is 1. The van der Waals surface area contributed by atoms with Crippen LogP contribution in [-0.4, -0.2) is 38.7 Å². The number of anilines is 1. The first-order chi connectivity index (χ1) is 9.41. The number of rotatable bonds is 5. The van der Waals surface area contributed by atoms with Crippen LogP contribution >= 0.6 is 11.3 Å². The van der Waals surface area contributed by atoms with Crippen molar-refractivity contribution in [2.24, 2.45) is 0 Å². The van der Waals surface area contributed by atoms with Crippen molar-refractivity contribution in [1.82, 2.24) is 15.0 Å². The average molecular weight is 314 g/mol. The van der Waals surface area contributed by atoms with Gasteiger partial charge in [-0.05, 0) is 25.2 Å². The lowest BCUT2D eigenvalue weighted by Gasteiger charge is -2.05. The minimum atomic E-state index is -3.32. The number of fused-ring (bicyclic) bond motifs is 1. The molecule has 0 saturated heterocycles. The fraction of sp³-hybridized carbons (Fsp3) is 0.273. The molecule has 1 amide bonds. The van der Waals surface area contributed by atoms with E-state index < -0.39 is 10.0 Å². The fourth-order valence-corrected chi connectivity index (χ4v) is 2.94. The molecule has 9 heteroatoms. The largest absolute Gasteiger partial charge is 0.375 e. The van der Waals surface area contributed by atoms with Gasteiger partial charge in [0.1, 0.15) is 0 Å². The minimum Gasteiger partial charge on any atom is -0.375 e. The Balaban J connectivity index is 2.04. The maximum absolute atomic E-state index is 11.9. The second kappa shape index (κ2) is 5.73. The van der Waals surface area contributed by atoms with Crippen LogP contribution in [0.3, 0.4) is 0 Å². The van der Waals surface area contributed by atoms with Gasteiger partial charge in [0.25, 0.3) is 5.91 Å². The molecular weight excluding hydrogens is 300 g/mol. The number of benzene rings is 1. The van der Waals surface area contributed by atoms with Gasteiger partial charge in [-0.15, -0.1) is 0 Å². The first-order valence-corrected chi connectivity index (χ1v) is 8.23. The third kappa shape index (κ3) is 3.44. The molecule has 0 aliphatic heterocycles. The first kappa shape index (κ1) is 14.7. The van der Waals surface area contributed by atoms with Crippen molar-refractivity contribution in [3.05, 3.63) is 23.8 Å². The van der Waals surface area contributed by atoms with E-state index in [1.807, 2.05) is 0 Å². The minimum absolute atomic E-state index is 0.0465. The zero-order valence-corrected chi connectivity index (χ0v) is 12.3. The van der Waals surface area contributed by atoms with Crippen LogP contribution in [0.5, 0.6) is 0 Å². The van der Waals surface area contributed by atoms with Crippen LogP contribution in [0.4, 0.5) is 5.13 Å². The highest BCUT2D eigenvalue weighted by molar-refractivity contribution is 7.89. The summed E-state index contributed by atoms with van der Waals surface area (Å²) in [7, 11) is -1.99. The summed E-state index contributed by atoms with van der Waals surface area (Å²) in [6.45, 7) is 0.0465. The molecule has 0 aliphatic carbocycles. The number of nitrogens with two attached hydrogens (primary N) is 1. The standard InChI is InChI=1S/C11H14N4O3S2/c1-13-20(17,18)5-4-14-10(16)7-2-3-8-9(6-7)19-11(12)15-8/h2-3,6,13H,4-5H2,1H3,(H2,12,15)(H,14,16). The second-order valence-corrected chi connectivity index (χ2v) is 7.12. The Morgan fingerprint density at radius 1 is 1.45 bits per heavy atom. The molecule has 0 bridgehead atoms. The molecule has 0 radical (unpaired) electrons. The summed E-state index contributed by atoms with van der Waals surface area (Å²) in [4.78, 5) is 16.0. The predicted octanol–water partition coefficient (Wildman–Crippen LogP) is 0.158. The Hall–Kier alpha value is -1.71. The molecule has 0 atom stereocenters. The van der Waals surface area contributed by atoms with Gasteiger partial charge >= 0.3 is 0 Å². The van der Waals surface area contributed by atoms with Gasteiger partial charge in [0.2, 0.25) is 10.0 Å². The van der Waals surface area contributed by atoms with Crippen molar-refractivity contribution in [2.45, 2.75) is 0 Å². The van der Waals surface area contributed by atoms with Crippen molar-refractivity contribution >= 4 is 42.6 Å². The van der Waals surface area contributed by atoms with Crippen LogP contribution < -0.4 is 15.8 Å². The van der Waals surface area contributed by atoms with Crippen LogP contribution in [0.1, 0.15) is 10.4 Å². The molecule has 0 unspecified atom stereocenters. The quantitative estimate of drug-likeness (QED) is 0.727. The van der Waals surface area contributed by atoms with Crippen LogP contribution in [0.25, 0.3) is 10.2 Å². The predicted molar refractivity (Wildman–Crippen MR) is 79.2 cm³/mol. The Bertz CT molecular complexity index is 739. The molecule has 2 rings (SSSR count). The van der Waals surface area contributed by atoms with E-state index in [2.05, 4.69) is 15.0 Å². The highest BCUT2D eigenvalue weighted by atomic mass is 32.2. The molecule has 20 heavy (non-hydrogen) atoms. The number of thiazole rings is 1. The molecule has 0 saturated carbocycles. The van der Waals surface area contributed by atoms with Crippen molar-refractivity contribution < 1.29 is 13.2 Å². The van der Waals surface area contributed by atoms with Gasteiger partial charge in [-0.25, -0.2) is 18.1 Å². The molecule has 0 spiro atoms. The lowest BCUT2D eigenvalue weighted by molar-refractivity contribution is 0.0956. The van der Waals surface area contributed by atoms with E-state index in [1.54, 1.807) is 18.2 Å². The van der Waals surface area contributed by atoms with Gasteiger partial charge in [0.05, 0.1) is 16.0 Å². The van der Waals surface area contributed by atoms with E-state index >= 15 is 0 Å². The molecule has 108 valence electrons. The van der Waals surface area contributed by atoms with E-state index in [0.29, 0.717) is 10.7 Å². The number of hydrogen-bond acceptors (Lipinski definition) is 6. The van der Waals surface area contributed by atoms with Crippen LogP contribution in [-0.2, 0) is 10.0 Å². The van der Waals surface area contributed by atoms with E-state index in [4.69, 9.17) is 5.73 Å². The van der Waals surface area contributed by atoms with Crippen LogP contribution in [0.15, 0.2) is 18.2 Å². The highest BCUT2D eigenvalue weighted by Gasteiger charge is 2.11. The number of sulfonamides is 1. The molecule has 1 heterocycles. The lowest BCUT2D eigenvalue weighted by Crippen LogP contribution is -2.32. The number of nitrogens with zero attached hydrogens (tertiary/aromatic N) is 1. The third-order valence-corrected chi connectivity index (χ3v) is 4.85. The normalized spacial score (nSPS) is 11.7. The van der Waals surface area contributed by atoms with E-state index in [-0.39, 0.29) is 18.2 Å². The zero-order valence-electron chi connectivity index (χ0n) is 10.7. The first-order valence-electron chi connectivity index (χ1n) is 5.77. The molecule has 1 aromatic heterocycles. The van der Waals surface area contributed by atoms with Crippen molar-refractivity contribution in [2.75, 3.05) is 25.1 Å². The molecule has 0 fully saturated rings. The van der Waals surface area contributed by atoms with Crippen molar-refractivity contribution in [1.29, 1.82) is 0 Å². The zero-order chi connectivity index (χ0) is 14.8. The molecular formula is C11H14N4O3S2. The monoisotopic (exact) mass is 314 g/mol. The summed E-state index contributed by atoms with van der Waals surface area (Å²) in [5, 5.41) is 3.00. The van der Waals surface area contributed by atoms with E-state index in [9.17, 15) is 13.2 Å². The number of hydrogen-bond donors (Lipinski definition) is 3. The van der Waals surface area contributed by atoms with Gasteiger partial charge in [-0.1, -0.05) is 11.3 Å². The Kier molecular flexibility index (Phi) is 4.21. The Morgan fingerprint density at radius 3 is 2.90 bits per heavy atom. The number of carbonyl (C=O) groups is 1. The summed E-state index contributed by atoms with van der Waals surface area (Å²) in [5.74, 6) is -0.490. The lowest BCUT2D eigenvalue weighted by atomic mass is 10.2. The smallest absolute Gasteiger partial charge is 0.251 e. The number of amides is 1. The fourth-order valence-electron chi connectivity index (χ4n) is 1.59. The van der Waals surface area contributed by atoms with Crippen molar-refractivity contribution in [3.8, 4) is 0 Å². The van der Waals surface area contributed by atoms with E-state index in [0.717, 1.165) is 10.2 Å². The van der Waals surface area contributed by atoms with Crippen molar-refractivity contribution in [3.63, 3.8) is 0 Å². The Morgan fingerprint density at radius 2 is 2.20 bits per heavy atom. The summed E-state index contributed by atoms with van der Waals surface area (Å²) in [5.41, 5.74) is 6.78. The summed E-state index contributed by atoms with van der Waals surface area (Å²) in [6, 6.07) is 5.02. The molecule has 1 aromatic carbocycles. The third-order valence-electron chi connectivity index (χ3n) is 2.63. The van der Waals surface area contributed by atoms with Gasteiger partial charge in [-0.3, -0.25) is 4.79 Å². The summed E-state index contributed by atoms with van der Waals surface area (Å²) < 4.78 is 25.4. The topological polar surface area (TPSA) is 114 Å². The molecule has 2 aromatic rings. The SMILES string of the molecule is CNS(=O)(=O)CCNC(=O)c1ccc2nc(N)sc2c1. The summed E-state index contributed by atoms with van der Waals surface area (Å²) >= 11 is 1.30. The molecule has 0 aliphatic rings. The maximum Gasteiger partial charge on any atom is 0.251 e. The molecule has 4 N–H and O–H groups in total. The van der Waals surface area contributed by atoms with Gasteiger partial charge in [0, 0.05) is 12.1 Å². The van der Waals surface area contributed by atoms with Crippen LogP contribution in [0, 0.1) is 0 Å². The van der Waals surface area contributed by atoms with Gasteiger partial charge in [0.15, 0.2) is 5.13 Å². The molecule has 7 nitrogen and oxygen atoms in total.